The number of rotatable bonds is 4. The predicted molar refractivity (Wildman–Crippen MR) is 65.7 cm³/mol. The zero-order chi connectivity index (χ0) is 12.1. The largest absolute Gasteiger partial charge is 0.380 e. The normalized spacial score (nSPS) is 13.9. The summed E-state index contributed by atoms with van der Waals surface area (Å²) in [6, 6.07) is 7.39. The Morgan fingerprint density at radius 1 is 1.44 bits per heavy atom. The zero-order valence-electron chi connectivity index (χ0n) is 9.62. The van der Waals surface area contributed by atoms with Crippen molar-refractivity contribution in [3.63, 3.8) is 0 Å². The van der Waals surface area contributed by atoms with Crippen LogP contribution in [0.15, 0.2) is 18.2 Å². The lowest BCUT2D eigenvalue weighted by Gasteiger charge is -2.21. The van der Waals surface area contributed by atoms with E-state index in [9.17, 15) is 0 Å². The Bertz CT molecular complexity index is 400. The van der Waals surface area contributed by atoms with Crippen LogP contribution in [0.25, 0.3) is 0 Å². The van der Waals surface area contributed by atoms with Gasteiger partial charge in [-0.2, -0.15) is 5.26 Å². The molecular formula is C12H15ClN2O. The van der Waals surface area contributed by atoms with Crippen LogP contribution in [0.1, 0.15) is 19.4 Å². The Hall–Kier alpha value is -1.24. The van der Waals surface area contributed by atoms with Gasteiger partial charge in [0.2, 0.25) is 0 Å². The first-order valence-electron chi connectivity index (χ1n) is 5.07. The van der Waals surface area contributed by atoms with Crippen LogP contribution in [0.3, 0.4) is 0 Å². The molecule has 2 atom stereocenters. The molecule has 1 aromatic carbocycles. The van der Waals surface area contributed by atoms with Gasteiger partial charge in [0.15, 0.2) is 0 Å². The van der Waals surface area contributed by atoms with Crippen molar-refractivity contribution in [1.82, 2.24) is 0 Å². The fourth-order valence-corrected chi connectivity index (χ4v) is 1.47. The van der Waals surface area contributed by atoms with E-state index < -0.39 is 0 Å². The average molecular weight is 239 g/mol. The molecule has 0 amide bonds. The van der Waals surface area contributed by atoms with E-state index in [2.05, 4.69) is 11.4 Å². The summed E-state index contributed by atoms with van der Waals surface area (Å²) in [5.41, 5.74) is 1.32. The number of anilines is 1. The number of methoxy groups -OCH3 is 1. The second-order valence-electron chi connectivity index (χ2n) is 3.68. The summed E-state index contributed by atoms with van der Waals surface area (Å²) in [5.74, 6) is 0. The smallest absolute Gasteiger partial charge is 0.101 e. The minimum atomic E-state index is 0.0607. The number of nitriles is 1. The average Bonchev–Trinajstić information content (AvgIpc) is 2.28. The second-order valence-corrected chi connectivity index (χ2v) is 4.11. The molecule has 16 heavy (non-hydrogen) atoms. The van der Waals surface area contributed by atoms with Gasteiger partial charge in [-0.3, -0.25) is 0 Å². The van der Waals surface area contributed by atoms with Crippen molar-refractivity contribution in [2.24, 2.45) is 0 Å². The number of halogens is 1. The van der Waals surface area contributed by atoms with Crippen molar-refractivity contribution in [1.29, 1.82) is 5.26 Å². The molecule has 1 N–H and O–H groups in total. The molecule has 4 heteroatoms. The van der Waals surface area contributed by atoms with Gasteiger partial charge in [-0.05, 0) is 32.0 Å². The van der Waals surface area contributed by atoms with E-state index in [1.807, 2.05) is 13.8 Å². The minimum Gasteiger partial charge on any atom is -0.380 e. The summed E-state index contributed by atoms with van der Waals surface area (Å²) in [6.07, 6.45) is 0.0607. The molecule has 0 aliphatic heterocycles. The minimum absolute atomic E-state index is 0.0607. The lowest BCUT2D eigenvalue weighted by Crippen LogP contribution is -2.29. The molecule has 0 aliphatic carbocycles. The zero-order valence-corrected chi connectivity index (χ0v) is 10.4. The van der Waals surface area contributed by atoms with Gasteiger partial charge in [0.1, 0.15) is 6.07 Å². The van der Waals surface area contributed by atoms with Gasteiger partial charge in [0.25, 0.3) is 0 Å². The van der Waals surface area contributed by atoms with E-state index in [1.54, 1.807) is 25.3 Å². The van der Waals surface area contributed by atoms with Crippen LogP contribution in [-0.2, 0) is 4.74 Å². The first-order valence-corrected chi connectivity index (χ1v) is 5.45. The maximum atomic E-state index is 8.95. The molecule has 0 saturated carbocycles. The van der Waals surface area contributed by atoms with Crippen LogP contribution in [0.5, 0.6) is 0 Å². The third-order valence-corrected chi connectivity index (χ3v) is 2.80. The van der Waals surface area contributed by atoms with Crippen molar-refractivity contribution >= 4 is 17.3 Å². The Kier molecular flexibility index (Phi) is 4.60. The lowest BCUT2D eigenvalue weighted by molar-refractivity contribution is 0.106. The van der Waals surface area contributed by atoms with Crippen LogP contribution < -0.4 is 5.32 Å². The van der Waals surface area contributed by atoms with Gasteiger partial charge < -0.3 is 10.1 Å². The molecule has 3 nitrogen and oxygen atoms in total. The maximum absolute atomic E-state index is 8.95. The molecule has 0 radical (unpaired) electrons. The van der Waals surface area contributed by atoms with Crippen molar-refractivity contribution in [3.8, 4) is 6.07 Å². The maximum Gasteiger partial charge on any atom is 0.101 e. The van der Waals surface area contributed by atoms with E-state index in [0.717, 1.165) is 5.69 Å². The highest BCUT2D eigenvalue weighted by molar-refractivity contribution is 6.30. The van der Waals surface area contributed by atoms with Gasteiger partial charge in [-0.1, -0.05) is 11.6 Å². The second kappa shape index (κ2) is 5.74. The molecule has 0 bridgehead atoms. The summed E-state index contributed by atoms with van der Waals surface area (Å²) < 4.78 is 5.21. The fourth-order valence-electron chi connectivity index (χ4n) is 1.30. The van der Waals surface area contributed by atoms with Crippen molar-refractivity contribution in [2.75, 3.05) is 12.4 Å². The van der Waals surface area contributed by atoms with E-state index in [0.29, 0.717) is 10.6 Å². The van der Waals surface area contributed by atoms with Gasteiger partial charge >= 0.3 is 0 Å². The highest BCUT2D eigenvalue weighted by Gasteiger charge is 2.12. The Balaban J connectivity index is 2.88. The van der Waals surface area contributed by atoms with Crippen LogP contribution >= 0.6 is 11.6 Å². The molecule has 0 spiro atoms. The van der Waals surface area contributed by atoms with Crippen LogP contribution in [-0.4, -0.2) is 19.3 Å². The number of ether oxygens (including phenoxy) is 1. The quantitative estimate of drug-likeness (QED) is 0.877. The number of nitrogens with one attached hydrogen (secondary N) is 1. The standard InChI is InChI=1S/C12H15ClN2O/c1-8(9(2)16-3)15-12-6-11(13)5-4-10(12)7-14/h4-6,8-9,15H,1-3H3. The Morgan fingerprint density at radius 2 is 2.12 bits per heavy atom. The fraction of sp³-hybridized carbons (Fsp3) is 0.417. The Morgan fingerprint density at radius 3 is 2.69 bits per heavy atom. The molecule has 1 rings (SSSR count). The van der Waals surface area contributed by atoms with Crippen LogP contribution in [0.2, 0.25) is 5.02 Å². The molecule has 0 aliphatic rings. The topological polar surface area (TPSA) is 45.0 Å². The van der Waals surface area contributed by atoms with Crippen molar-refractivity contribution < 1.29 is 4.74 Å². The first kappa shape index (κ1) is 12.8. The summed E-state index contributed by atoms with van der Waals surface area (Å²) >= 11 is 5.89. The summed E-state index contributed by atoms with van der Waals surface area (Å²) in [7, 11) is 1.66. The van der Waals surface area contributed by atoms with Gasteiger partial charge in [-0.25, -0.2) is 0 Å². The summed E-state index contributed by atoms with van der Waals surface area (Å²) in [5, 5.41) is 12.8. The van der Waals surface area contributed by atoms with Crippen LogP contribution in [0.4, 0.5) is 5.69 Å². The first-order chi connectivity index (χ1) is 7.58. The molecule has 86 valence electrons. The highest BCUT2D eigenvalue weighted by Crippen LogP contribution is 2.21. The lowest BCUT2D eigenvalue weighted by atomic mass is 10.1. The molecule has 0 heterocycles. The monoisotopic (exact) mass is 238 g/mol. The SMILES string of the molecule is COC(C)C(C)Nc1cc(Cl)ccc1C#N. The molecular weight excluding hydrogens is 224 g/mol. The van der Waals surface area contributed by atoms with Crippen molar-refractivity contribution in [2.45, 2.75) is 26.0 Å². The molecule has 0 fully saturated rings. The molecule has 0 aromatic heterocycles. The van der Waals surface area contributed by atoms with E-state index in [4.69, 9.17) is 21.6 Å². The number of benzene rings is 1. The van der Waals surface area contributed by atoms with Gasteiger partial charge in [-0.15, -0.1) is 0 Å². The van der Waals surface area contributed by atoms with E-state index >= 15 is 0 Å². The van der Waals surface area contributed by atoms with Gasteiger partial charge in [0.05, 0.1) is 17.4 Å². The molecule has 2 unspecified atom stereocenters. The van der Waals surface area contributed by atoms with Gasteiger partial charge in [0, 0.05) is 18.2 Å². The third kappa shape index (κ3) is 3.13. The third-order valence-electron chi connectivity index (χ3n) is 2.56. The molecule has 0 saturated heterocycles. The van der Waals surface area contributed by atoms with Crippen LogP contribution in [0, 0.1) is 11.3 Å². The number of nitrogens with zero attached hydrogens (tertiary/aromatic N) is 1. The number of hydrogen-bond donors (Lipinski definition) is 1. The number of hydrogen-bond acceptors (Lipinski definition) is 3. The van der Waals surface area contributed by atoms with Crippen molar-refractivity contribution in [3.05, 3.63) is 28.8 Å². The predicted octanol–water partition coefficient (Wildman–Crippen LogP) is 3.05. The highest BCUT2D eigenvalue weighted by atomic mass is 35.5. The summed E-state index contributed by atoms with van der Waals surface area (Å²) in [6.45, 7) is 3.96. The Labute approximate surface area is 101 Å². The van der Waals surface area contributed by atoms with E-state index in [-0.39, 0.29) is 12.1 Å². The summed E-state index contributed by atoms with van der Waals surface area (Å²) in [4.78, 5) is 0. The molecule has 1 aromatic rings. The van der Waals surface area contributed by atoms with E-state index in [1.165, 1.54) is 0 Å².